The summed E-state index contributed by atoms with van der Waals surface area (Å²) in [5.74, 6) is 0. The van der Waals surface area contributed by atoms with Crippen molar-refractivity contribution in [3.63, 3.8) is 0 Å². The van der Waals surface area contributed by atoms with Gasteiger partial charge in [-0.05, 0) is 28.8 Å². The van der Waals surface area contributed by atoms with Gasteiger partial charge in [-0.1, -0.05) is 69.5 Å². The Morgan fingerprint density at radius 3 is 2.12 bits per heavy atom. The van der Waals surface area contributed by atoms with Crippen LogP contribution in [0.25, 0.3) is 6.08 Å². The van der Waals surface area contributed by atoms with Crippen LogP contribution in [-0.4, -0.2) is 19.3 Å². The highest BCUT2D eigenvalue weighted by atomic mass is 16.6. The number of rotatable bonds is 8. The SMILES string of the molecule is C=COCCOC(=O)Nc1ccc(C(C)(C)c2ccc(C=C)cc2)cc1. The highest BCUT2D eigenvalue weighted by Gasteiger charge is 2.22. The summed E-state index contributed by atoms with van der Waals surface area (Å²) in [6, 6.07) is 16.1. The molecule has 2 rings (SSSR count). The number of ether oxygens (including phenoxy) is 2. The molecule has 0 aliphatic rings. The summed E-state index contributed by atoms with van der Waals surface area (Å²) in [7, 11) is 0. The van der Waals surface area contributed by atoms with Crippen LogP contribution in [0.4, 0.5) is 10.5 Å². The van der Waals surface area contributed by atoms with Gasteiger partial charge in [0, 0.05) is 11.1 Å². The zero-order valence-electron chi connectivity index (χ0n) is 15.3. The van der Waals surface area contributed by atoms with Crippen LogP contribution in [0, 0.1) is 0 Å². The molecule has 0 heterocycles. The molecule has 0 unspecified atom stereocenters. The smallest absolute Gasteiger partial charge is 0.411 e. The van der Waals surface area contributed by atoms with E-state index >= 15 is 0 Å². The van der Waals surface area contributed by atoms with Crippen molar-refractivity contribution in [3.8, 4) is 0 Å². The standard InChI is InChI=1S/C22H25NO3/c1-5-17-7-9-18(10-8-17)22(3,4)19-11-13-20(14-12-19)23-21(24)26-16-15-25-6-2/h5-14H,1-2,15-16H2,3-4H3,(H,23,24). The summed E-state index contributed by atoms with van der Waals surface area (Å²) in [4.78, 5) is 11.7. The van der Waals surface area contributed by atoms with Gasteiger partial charge in [0.2, 0.25) is 0 Å². The van der Waals surface area contributed by atoms with Gasteiger partial charge in [-0.15, -0.1) is 0 Å². The fraction of sp³-hybridized carbons (Fsp3) is 0.227. The van der Waals surface area contributed by atoms with Crippen molar-refractivity contribution in [2.24, 2.45) is 0 Å². The maximum absolute atomic E-state index is 11.7. The van der Waals surface area contributed by atoms with Crippen LogP contribution in [-0.2, 0) is 14.9 Å². The Balaban J connectivity index is 2.01. The quantitative estimate of drug-likeness (QED) is 0.514. The molecule has 0 radical (unpaired) electrons. The van der Waals surface area contributed by atoms with Crippen LogP contribution >= 0.6 is 0 Å². The Morgan fingerprint density at radius 2 is 1.58 bits per heavy atom. The van der Waals surface area contributed by atoms with Gasteiger partial charge in [0.1, 0.15) is 13.2 Å². The molecular weight excluding hydrogens is 326 g/mol. The second kappa shape index (κ2) is 8.90. The minimum absolute atomic E-state index is 0.152. The minimum Gasteiger partial charge on any atom is -0.498 e. The molecule has 136 valence electrons. The Hall–Kier alpha value is -3.01. The summed E-state index contributed by atoms with van der Waals surface area (Å²) >= 11 is 0. The van der Waals surface area contributed by atoms with Gasteiger partial charge in [0.25, 0.3) is 0 Å². The number of hydrogen-bond donors (Lipinski definition) is 1. The van der Waals surface area contributed by atoms with Crippen LogP contribution in [0.2, 0.25) is 0 Å². The van der Waals surface area contributed by atoms with Gasteiger partial charge in [-0.3, -0.25) is 5.32 Å². The average Bonchev–Trinajstić information content (AvgIpc) is 2.66. The third-order valence-corrected chi connectivity index (χ3v) is 4.27. The average molecular weight is 351 g/mol. The number of anilines is 1. The molecule has 0 saturated heterocycles. The lowest BCUT2D eigenvalue weighted by Gasteiger charge is -2.26. The van der Waals surface area contributed by atoms with Gasteiger partial charge in [-0.2, -0.15) is 0 Å². The molecule has 1 amide bonds. The number of carbonyl (C=O) groups is 1. The second-order valence-electron chi connectivity index (χ2n) is 6.33. The van der Waals surface area contributed by atoms with Crippen LogP contribution < -0.4 is 5.32 Å². The molecule has 2 aromatic rings. The van der Waals surface area contributed by atoms with Crippen molar-refractivity contribution in [1.82, 2.24) is 0 Å². The van der Waals surface area contributed by atoms with Gasteiger partial charge >= 0.3 is 6.09 Å². The fourth-order valence-corrected chi connectivity index (χ4v) is 2.59. The predicted molar refractivity (Wildman–Crippen MR) is 106 cm³/mol. The second-order valence-corrected chi connectivity index (χ2v) is 6.33. The first kappa shape index (κ1) is 19.3. The van der Waals surface area contributed by atoms with E-state index in [4.69, 9.17) is 9.47 Å². The van der Waals surface area contributed by atoms with E-state index in [2.05, 4.69) is 56.6 Å². The number of carbonyl (C=O) groups excluding carboxylic acids is 1. The third kappa shape index (κ3) is 4.99. The van der Waals surface area contributed by atoms with E-state index in [1.807, 2.05) is 30.3 Å². The fourth-order valence-electron chi connectivity index (χ4n) is 2.59. The molecule has 4 nitrogen and oxygen atoms in total. The molecule has 0 aliphatic heterocycles. The highest BCUT2D eigenvalue weighted by Crippen LogP contribution is 2.32. The molecule has 0 fully saturated rings. The third-order valence-electron chi connectivity index (χ3n) is 4.27. The molecule has 0 saturated carbocycles. The van der Waals surface area contributed by atoms with Crippen LogP contribution in [0.5, 0.6) is 0 Å². The first-order valence-corrected chi connectivity index (χ1v) is 8.47. The Labute approximate surface area is 155 Å². The normalized spacial score (nSPS) is 10.7. The molecular formula is C22H25NO3. The Bertz CT molecular complexity index is 746. The van der Waals surface area contributed by atoms with E-state index in [1.165, 1.54) is 11.8 Å². The largest absolute Gasteiger partial charge is 0.498 e. The number of nitrogens with one attached hydrogen (secondary N) is 1. The molecule has 0 spiro atoms. The topological polar surface area (TPSA) is 47.6 Å². The van der Waals surface area contributed by atoms with E-state index in [-0.39, 0.29) is 18.6 Å². The number of benzene rings is 2. The molecule has 0 aliphatic carbocycles. The van der Waals surface area contributed by atoms with Crippen LogP contribution in [0.15, 0.2) is 68.0 Å². The first-order valence-electron chi connectivity index (χ1n) is 8.47. The molecule has 4 heteroatoms. The van der Waals surface area contributed by atoms with Gasteiger partial charge in [0.15, 0.2) is 0 Å². The van der Waals surface area contributed by atoms with E-state index in [1.54, 1.807) is 0 Å². The summed E-state index contributed by atoms with van der Waals surface area (Å²) in [6.07, 6.45) is 2.64. The van der Waals surface area contributed by atoms with Crippen molar-refractivity contribution in [2.45, 2.75) is 19.3 Å². The summed E-state index contributed by atoms with van der Waals surface area (Å²) in [5, 5.41) is 2.70. The first-order chi connectivity index (χ1) is 12.5. The molecule has 0 bridgehead atoms. The van der Waals surface area contributed by atoms with Gasteiger partial charge < -0.3 is 9.47 Å². The van der Waals surface area contributed by atoms with Crippen molar-refractivity contribution >= 4 is 17.9 Å². The molecule has 2 aromatic carbocycles. The van der Waals surface area contributed by atoms with Crippen molar-refractivity contribution in [1.29, 1.82) is 0 Å². The highest BCUT2D eigenvalue weighted by molar-refractivity contribution is 5.84. The lowest BCUT2D eigenvalue weighted by molar-refractivity contribution is 0.123. The molecule has 0 atom stereocenters. The van der Waals surface area contributed by atoms with Gasteiger partial charge in [-0.25, -0.2) is 4.79 Å². The van der Waals surface area contributed by atoms with Crippen molar-refractivity contribution < 1.29 is 14.3 Å². The van der Waals surface area contributed by atoms with Crippen molar-refractivity contribution in [2.75, 3.05) is 18.5 Å². The van der Waals surface area contributed by atoms with Crippen molar-refractivity contribution in [3.05, 3.63) is 84.6 Å². The number of hydrogen-bond acceptors (Lipinski definition) is 3. The van der Waals surface area contributed by atoms with Crippen LogP contribution in [0.1, 0.15) is 30.5 Å². The minimum atomic E-state index is -0.510. The summed E-state index contributed by atoms with van der Waals surface area (Å²) in [5.41, 5.74) is 4.00. The monoisotopic (exact) mass is 351 g/mol. The predicted octanol–water partition coefficient (Wildman–Crippen LogP) is 5.36. The molecule has 1 N–H and O–H groups in total. The Kier molecular flexibility index (Phi) is 6.61. The van der Waals surface area contributed by atoms with E-state index in [0.29, 0.717) is 5.69 Å². The van der Waals surface area contributed by atoms with E-state index in [0.717, 1.165) is 11.1 Å². The maximum Gasteiger partial charge on any atom is 0.411 e. The summed E-state index contributed by atoms with van der Waals surface area (Å²) < 4.78 is 9.90. The summed E-state index contributed by atoms with van der Waals surface area (Å²) in [6.45, 7) is 12.0. The Morgan fingerprint density at radius 1 is 1.00 bits per heavy atom. The van der Waals surface area contributed by atoms with E-state index < -0.39 is 6.09 Å². The van der Waals surface area contributed by atoms with E-state index in [9.17, 15) is 4.79 Å². The zero-order chi connectivity index (χ0) is 19.0. The lowest BCUT2D eigenvalue weighted by atomic mass is 9.78. The number of amides is 1. The lowest BCUT2D eigenvalue weighted by Crippen LogP contribution is -2.19. The zero-order valence-corrected chi connectivity index (χ0v) is 15.3. The molecule has 0 aromatic heterocycles. The maximum atomic E-state index is 11.7. The molecule has 26 heavy (non-hydrogen) atoms. The van der Waals surface area contributed by atoms with Gasteiger partial charge in [0.05, 0.1) is 6.26 Å². The van der Waals surface area contributed by atoms with Crippen LogP contribution in [0.3, 0.4) is 0 Å².